The monoisotopic (exact) mass is 276 g/mol. The average molecular weight is 276 g/mol. The van der Waals surface area contributed by atoms with Crippen LogP contribution in [0.1, 0.15) is 24.5 Å². The summed E-state index contributed by atoms with van der Waals surface area (Å²) in [5.41, 5.74) is 1.13. The fourth-order valence-corrected chi connectivity index (χ4v) is 3.47. The maximum Gasteiger partial charge on any atom is 0.148 e. The van der Waals surface area contributed by atoms with Gasteiger partial charge in [0.1, 0.15) is 9.84 Å². The quantitative estimate of drug-likeness (QED) is 0.815. The number of aromatic nitrogens is 1. The van der Waals surface area contributed by atoms with Gasteiger partial charge in [0.05, 0.1) is 16.5 Å². The highest BCUT2D eigenvalue weighted by molar-refractivity contribution is 7.90. The Labute approximate surface area is 107 Å². The van der Waals surface area contributed by atoms with Crippen LogP contribution in [0.5, 0.6) is 0 Å². The Hall–Kier alpha value is -0.460. The summed E-state index contributed by atoms with van der Waals surface area (Å²) in [6, 6.07) is -0.00407. The van der Waals surface area contributed by atoms with E-state index in [2.05, 4.69) is 22.6 Å². The molecule has 0 aliphatic heterocycles. The van der Waals surface area contributed by atoms with Gasteiger partial charge >= 0.3 is 0 Å². The van der Waals surface area contributed by atoms with E-state index in [0.29, 0.717) is 0 Å². The molecule has 0 amide bonds. The summed E-state index contributed by atoms with van der Waals surface area (Å²) in [7, 11) is -2.89. The Morgan fingerprint density at radius 1 is 1.53 bits per heavy atom. The molecule has 0 saturated carbocycles. The molecule has 1 heterocycles. The Morgan fingerprint density at radius 2 is 2.24 bits per heavy atom. The van der Waals surface area contributed by atoms with Crippen molar-refractivity contribution in [1.29, 1.82) is 0 Å². The zero-order valence-electron chi connectivity index (χ0n) is 10.6. The third-order valence-electron chi connectivity index (χ3n) is 2.35. The molecule has 1 N–H and O–H groups in total. The van der Waals surface area contributed by atoms with Gasteiger partial charge < -0.3 is 5.32 Å². The zero-order chi connectivity index (χ0) is 12.9. The highest BCUT2D eigenvalue weighted by atomic mass is 32.2. The van der Waals surface area contributed by atoms with Gasteiger partial charge in [-0.05, 0) is 13.3 Å². The fraction of sp³-hybridized carbons (Fsp3) is 0.727. The van der Waals surface area contributed by atoms with E-state index in [4.69, 9.17) is 0 Å². The molecule has 0 radical (unpaired) electrons. The van der Waals surface area contributed by atoms with E-state index >= 15 is 0 Å². The van der Waals surface area contributed by atoms with Crippen LogP contribution in [-0.4, -0.2) is 38.0 Å². The SMILES string of the molecule is CCc1csc(CCNC(C)CS(C)(=O)=O)n1. The van der Waals surface area contributed by atoms with Crippen molar-refractivity contribution in [3.05, 3.63) is 16.1 Å². The highest BCUT2D eigenvalue weighted by Crippen LogP contribution is 2.10. The lowest BCUT2D eigenvalue weighted by atomic mass is 10.3. The fourth-order valence-electron chi connectivity index (χ4n) is 1.56. The van der Waals surface area contributed by atoms with Crippen LogP contribution >= 0.6 is 11.3 Å². The van der Waals surface area contributed by atoms with E-state index in [-0.39, 0.29) is 11.8 Å². The van der Waals surface area contributed by atoms with Crippen molar-refractivity contribution in [1.82, 2.24) is 10.3 Å². The molecule has 1 atom stereocenters. The lowest BCUT2D eigenvalue weighted by molar-refractivity contribution is 0.561. The van der Waals surface area contributed by atoms with Gasteiger partial charge in [-0.25, -0.2) is 13.4 Å². The van der Waals surface area contributed by atoms with Crippen LogP contribution in [0, 0.1) is 0 Å². The number of nitrogens with one attached hydrogen (secondary N) is 1. The molecule has 0 aliphatic rings. The van der Waals surface area contributed by atoms with Gasteiger partial charge in [0, 0.05) is 30.6 Å². The predicted octanol–water partition coefficient (Wildman–Crippen LogP) is 1.27. The predicted molar refractivity (Wildman–Crippen MR) is 72.4 cm³/mol. The van der Waals surface area contributed by atoms with Crippen molar-refractivity contribution < 1.29 is 8.42 Å². The number of hydrogen-bond acceptors (Lipinski definition) is 5. The first-order valence-electron chi connectivity index (χ1n) is 5.75. The van der Waals surface area contributed by atoms with Gasteiger partial charge in [-0.2, -0.15) is 0 Å². The first-order valence-corrected chi connectivity index (χ1v) is 8.69. The van der Waals surface area contributed by atoms with E-state index < -0.39 is 9.84 Å². The van der Waals surface area contributed by atoms with Crippen molar-refractivity contribution in [3.8, 4) is 0 Å². The van der Waals surface area contributed by atoms with Gasteiger partial charge in [0.15, 0.2) is 0 Å². The number of sulfone groups is 1. The molecule has 0 bridgehead atoms. The number of rotatable bonds is 7. The van der Waals surface area contributed by atoms with Gasteiger partial charge in [-0.15, -0.1) is 11.3 Å². The van der Waals surface area contributed by atoms with E-state index in [0.717, 1.165) is 30.1 Å². The van der Waals surface area contributed by atoms with Crippen LogP contribution < -0.4 is 5.32 Å². The lowest BCUT2D eigenvalue weighted by Gasteiger charge is -2.11. The number of thiazole rings is 1. The smallest absolute Gasteiger partial charge is 0.148 e. The summed E-state index contributed by atoms with van der Waals surface area (Å²) in [5.74, 6) is 0.186. The maximum atomic E-state index is 11.1. The van der Waals surface area contributed by atoms with E-state index in [1.165, 1.54) is 6.26 Å². The minimum Gasteiger partial charge on any atom is -0.313 e. The van der Waals surface area contributed by atoms with Crippen molar-refractivity contribution in [2.75, 3.05) is 18.6 Å². The van der Waals surface area contributed by atoms with Crippen molar-refractivity contribution in [3.63, 3.8) is 0 Å². The van der Waals surface area contributed by atoms with Gasteiger partial charge in [0.25, 0.3) is 0 Å². The highest BCUT2D eigenvalue weighted by Gasteiger charge is 2.09. The molecule has 1 aromatic heterocycles. The van der Waals surface area contributed by atoms with Crippen LogP contribution in [0.25, 0.3) is 0 Å². The van der Waals surface area contributed by atoms with E-state index in [1.54, 1.807) is 11.3 Å². The molecule has 0 spiro atoms. The number of hydrogen-bond donors (Lipinski definition) is 1. The van der Waals surface area contributed by atoms with Crippen LogP contribution in [0.2, 0.25) is 0 Å². The molecule has 17 heavy (non-hydrogen) atoms. The first kappa shape index (κ1) is 14.6. The largest absolute Gasteiger partial charge is 0.313 e. The van der Waals surface area contributed by atoms with Gasteiger partial charge in [-0.3, -0.25) is 0 Å². The molecule has 98 valence electrons. The summed E-state index contributed by atoms with van der Waals surface area (Å²) in [6.07, 6.45) is 3.09. The van der Waals surface area contributed by atoms with Crippen molar-refractivity contribution in [2.45, 2.75) is 32.7 Å². The summed E-state index contributed by atoms with van der Waals surface area (Å²) < 4.78 is 22.1. The standard InChI is InChI=1S/C11H20N2O2S2/c1-4-10-7-16-11(13-10)5-6-12-9(2)8-17(3,14)15/h7,9,12H,4-6,8H2,1-3H3. The normalized spacial score (nSPS) is 13.8. The van der Waals surface area contributed by atoms with Crippen LogP contribution in [0.4, 0.5) is 0 Å². The van der Waals surface area contributed by atoms with Crippen molar-refractivity contribution >= 4 is 21.2 Å². The molecule has 1 rings (SSSR count). The zero-order valence-corrected chi connectivity index (χ0v) is 12.2. The summed E-state index contributed by atoms with van der Waals surface area (Å²) in [5, 5.41) is 6.39. The molecule has 0 aromatic carbocycles. The molecule has 1 aromatic rings. The average Bonchev–Trinajstić information content (AvgIpc) is 2.63. The number of nitrogens with zero attached hydrogens (tertiary/aromatic N) is 1. The topological polar surface area (TPSA) is 59.1 Å². The van der Waals surface area contributed by atoms with Crippen LogP contribution in [-0.2, 0) is 22.7 Å². The molecule has 0 aliphatic carbocycles. The Morgan fingerprint density at radius 3 is 2.76 bits per heavy atom. The minimum atomic E-state index is -2.89. The van der Waals surface area contributed by atoms with E-state index in [9.17, 15) is 8.42 Å². The maximum absolute atomic E-state index is 11.1. The Kier molecular flexibility index (Phi) is 5.55. The molecule has 6 heteroatoms. The molecule has 0 saturated heterocycles. The summed E-state index contributed by atoms with van der Waals surface area (Å²) in [4.78, 5) is 4.46. The first-order chi connectivity index (χ1) is 7.90. The molecule has 0 fully saturated rings. The van der Waals surface area contributed by atoms with Crippen LogP contribution in [0.15, 0.2) is 5.38 Å². The third-order valence-corrected chi connectivity index (χ3v) is 4.41. The molecular formula is C11H20N2O2S2. The molecule has 4 nitrogen and oxygen atoms in total. The Balaban J connectivity index is 2.28. The second-order valence-corrected chi connectivity index (χ2v) is 7.41. The lowest BCUT2D eigenvalue weighted by Crippen LogP contribution is -2.34. The summed E-state index contributed by atoms with van der Waals surface area (Å²) in [6.45, 7) is 4.75. The molecular weight excluding hydrogens is 256 g/mol. The third kappa shape index (κ3) is 6.14. The van der Waals surface area contributed by atoms with Crippen LogP contribution in [0.3, 0.4) is 0 Å². The molecule has 1 unspecified atom stereocenters. The second-order valence-electron chi connectivity index (χ2n) is 4.28. The Bertz CT molecular complexity index is 440. The number of aryl methyl sites for hydroxylation is 1. The minimum absolute atomic E-state index is 0.00407. The van der Waals surface area contributed by atoms with E-state index in [1.807, 2.05) is 6.92 Å². The van der Waals surface area contributed by atoms with Gasteiger partial charge in [-0.1, -0.05) is 6.92 Å². The van der Waals surface area contributed by atoms with Crippen molar-refractivity contribution in [2.24, 2.45) is 0 Å². The van der Waals surface area contributed by atoms with Gasteiger partial charge in [0.2, 0.25) is 0 Å². The summed E-state index contributed by atoms with van der Waals surface area (Å²) >= 11 is 1.67. The second kappa shape index (κ2) is 6.47.